The van der Waals surface area contributed by atoms with E-state index in [4.69, 9.17) is 5.11 Å². The van der Waals surface area contributed by atoms with Crippen LogP contribution in [0.2, 0.25) is 0 Å². The molecule has 1 heterocycles. The molecule has 0 aliphatic carbocycles. The lowest BCUT2D eigenvalue weighted by atomic mass is 9.94. The molecule has 106 valence electrons. The van der Waals surface area contributed by atoms with Crippen molar-refractivity contribution < 1.29 is 14.7 Å². The van der Waals surface area contributed by atoms with E-state index in [0.717, 1.165) is 6.42 Å². The summed E-state index contributed by atoms with van der Waals surface area (Å²) in [6.07, 6.45) is 2.53. The maximum absolute atomic E-state index is 11.8. The summed E-state index contributed by atoms with van der Waals surface area (Å²) in [6, 6.07) is 1.63. The highest BCUT2D eigenvalue weighted by Gasteiger charge is 2.17. The van der Waals surface area contributed by atoms with Crippen molar-refractivity contribution in [3.8, 4) is 0 Å². The number of rotatable bonds is 7. The van der Waals surface area contributed by atoms with E-state index in [2.05, 4.69) is 10.4 Å². The summed E-state index contributed by atoms with van der Waals surface area (Å²) in [5.74, 6) is -0.751. The van der Waals surface area contributed by atoms with Gasteiger partial charge in [0.25, 0.3) is 5.91 Å². The van der Waals surface area contributed by atoms with E-state index in [-0.39, 0.29) is 18.2 Å². The van der Waals surface area contributed by atoms with Crippen LogP contribution in [0.5, 0.6) is 0 Å². The van der Waals surface area contributed by atoms with Gasteiger partial charge in [0, 0.05) is 26.2 Å². The minimum absolute atomic E-state index is 0.0508. The Morgan fingerprint density at radius 1 is 1.47 bits per heavy atom. The fourth-order valence-corrected chi connectivity index (χ4v) is 2.02. The first-order chi connectivity index (χ1) is 8.88. The molecule has 1 atom stereocenters. The van der Waals surface area contributed by atoms with Gasteiger partial charge in [0.05, 0.1) is 0 Å². The highest BCUT2D eigenvalue weighted by Crippen LogP contribution is 2.14. The van der Waals surface area contributed by atoms with E-state index in [1.165, 1.54) is 0 Å². The molecular formula is C13H21N3O3. The number of aryl methyl sites for hydroxylation is 1. The van der Waals surface area contributed by atoms with Gasteiger partial charge in [-0.25, -0.2) is 0 Å². The van der Waals surface area contributed by atoms with Gasteiger partial charge in [0.15, 0.2) is 0 Å². The average molecular weight is 267 g/mol. The van der Waals surface area contributed by atoms with Crippen molar-refractivity contribution in [3.05, 3.63) is 18.0 Å². The fraction of sp³-hybridized carbons (Fsp3) is 0.615. The lowest BCUT2D eigenvalue weighted by molar-refractivity contribution is -0.138. The standard InChI is InChI=1S/C13H21N3O3/c1-9(2)6-10(7-12(17)18)8-14-13(19)11-4-5-16(3)15-11/h4-5,9-10H,6-8H2,1-3H3,(H,14,19)(H,17,18). The lowest BCUT2D eigenvalue weighted by Gasteiger charge is -2.17. The molecule has 0 saturated heterocycles. The third-order valence-corrected chi connectivity index (χ3v) is 2.77. The SMILES string of the molecule is CC(C)CC(CNC(=O)c1ccn(C)n1)CC(=O)O. The molecular weight excluding hydrogens is 246 g/mol. The number of aliphatic carboxylic acids is 1. The van der Waals surface area contributed by atoms with E-state index in [1.54, 1.807) is 24.0 Å². The van der Waals surface area contributed by atoms with Crippen molar-refractivity contribution in [2.24, 2.45) is 18.9 Å². The average Bonchev–Trinajstić information content (AvgIpc) is 2.71. The first-order valence-corrected chi connectivity index (χ1v) is 6.38. The van der Waals surface area contributed by atoms with Gasteiger partial charge in [-0.15, -0.1) is 0 Å². The molecule has 0 aromatic carbocycles. The van der Waals surface area contributed by atoms with E-state index in [1.807, 2.05) is 13.8 Å². The van der Waals surface area contributed by atoms with Crippen LogP contribution in [0.15, 0.2) is 12.3 Å². The van der Waals surface area contributed by atoms with Crippen LogP contribution in [0.4, 0.5) is 0 Å². The van der Waals surface area contributed by atoms with Gasteiger partial charge in [-0.1, -0.05) is 13.8 Å². The van der Waals surface area contributed by atoms with Gasteiger partial charge < -0.3 is 10.4 Å². The Labute approximate surface area is 112 Å². The van der Waals surface area contributed by atoms with E-state index < -0.39 is 5.97 Å². The molecule has 19 heavy (non-hydrogen) atoms. The summed E-state index contributed by atoms with van der Waals surface area (Å²) in [5.41, 5.74) is 0.348. The smallest absolute Gasteiger partial charge is 0.303 e. The molecule has 0 spiro atoms. The maximum atomic E-state index is 11.8. The largest absolute Gasteiger partial charge is 0.481 e. The molecule has 1 rings (SSSR count). The van der Waals surface area contributed by atoms with Gasteiger partial charge >= 0.3 is 5.97 Å². The zero-order chi connectivity index (χ0) is 14.4. The van der Waals surface area contributed by atoms with Crippen LogP contribution in [0.3, 0.4) is 0 Å². The number of carboxylic acids is 1. The molecule has 0 aliphatic heterocycles. The number of hydrogen-bond acceptors (Lipinski definition) is 3. The Kier molecular flexibility index (Phi) is 5.54. The molecule has 6 nitrogen and oxygen atoms in total. The van der Waals surface area contributed by atoms with Crippen molar-refractivity contribution in [2.45, 2.75) is 26.7 Å². The van der Waals surface area contributed by atoms with Crippen LogP contribution in [0.1, 0.15) is 37.2 Å². The Morgan fingerprint density at radius 3 is 2.63 bits per heavy atom. The van der Waals surface area contributed by atoms with Crippen LogP contribution in [-0.2, 0) is 11.8 Å². The highest BCUT2D eigenvalue weighted by atomic mass is 16.4. The number of nitrogens with one attached hydrogen (secondary N) is 1. The van der Waals surface area contributed by atoms with Gasteiger partial charge in [0.1, 0.15) is 5.69 Å². The molecule has 2 N–H and O–H groups in total. The van der Waals surface area contributed by atoms with Crippen molar-refractivity contribution in [1.82, 2.24) is 15.1 Å². The summed E-state index contributed by atoms with van der Waals surface area (Å²) in [7, 11) is 1.74. The molecule has 1 aromatic rings. The van der Waals surface area contributed by atoms with Crippen LogP contribution in [0, 0.1) is 11.8 Å². The van der Waals surface area contributed by atoms with Crippen LogP contribution < -0.4 is 5.32 Å². The monoisotopic (exact) mass is 267 g/mol. The van der Waals surface area contributed by atoms with Crippen LogP contribution >= 0.6 is 0 Å². The summed E-state index contributed by atoms with van der Waals surface area (Å²) in [4.78, 5) is 22.6. The predicted octanol–water partition coefficient (Wildman–Crippen LogP) is 1.29. The number of carbonyl (C=O) groups is 2. The third-order valence-electron chi connectivity index (χ3n) is 2.77. The third kappa shape index (κ3) is 5.54. The number of hydrogen-bond donors (Lipinski definition) is 2. The van der Waals surface area contributed by atoms with E-state index >= 15 is 0 Å². The first-order valence-electron chi connectivity index (χ1n) is 6.38. The summed E-state index contributed by atoms with van der Waals surface area (Å²) < 4.78 is 1.55. The Balaban J connectivity index is 2.50. The van der Waals surface area contributed by atoms with Gasteiger partial charge in [0.2, 0.25) is 0 Å². The second-order valence-electron chi connectivity index (χ2n) is 5.18. The quantitative estimate of drug-likeness (QED) is 0.779. The maximum Gasteiger partial charge on any atom is 0.303 e. The number of carboxylic acid groups (broad SMARTS) is 1. The number of nitrogens with zero attached hydrogens (tertiary/aromatic N) is 2. The fourth-order valence-electron chi connectivity index (χ4n) is 2.02. The molecule has 1 aromatic heterocycles. The summed E-state index contributed by atoms with van der Waals surface area (Å²) >= 11 is 0. The molecule has 0 bridgehead atoms. The minimum Gasteiger partial charge on any atom is -0.481 e. The number of amides is 1. The Morgan fingerprint density at radius 2 is 2.16 bits per heavy atom. The molecule has 6 heteroatoms. The molecule has 1 unspecified atom stereocenters. The Bertz CT molecular complexity index is 440. The van der Waals surface area contributed by atoms with Crippen molar-refractivity contribution >= 4 is 11.9 Å². The van der Waals surface area contributed by atoms with Crippen molar-refractivity contribution in [2.75, 3.05) is 6.54 Å². The second-order valence-corrected chi connectivity index (χ2v) is 5.18. The highest BCUT2D eigenvalue weighted by molar-refractivity contribution is 5.92. The normalized spacial score (nSPS) is 12.4. The molecule has 0 saturated carbocycles. The van der Waals surface area contributed by atoms with Crippen molar-refractivity contribution in [1.29, 1.82) is 0 Å². The van der Waals surface area contributed by atoms with Gasteiger partial charge in [-0.3, -0.25) is 14.3 Å². The minimum atomic E-state index is -0.835. The lowest BCUT2D eigenvalue weighted by Crippen LogP contribution is -2.31. The second kappa shape index (κ2) is 6.92. The van der Waals surface area contributed by atoms with E-state index in [0.29, 0.717) is 18.2 Å². The van der Waals surface area contributed by atoms with Crippen molar-refractivity contribution in [3.63, 3.8) is 0 Å². The van der Waals surface area contributed by atoms with Crippen LogP contribution in [-0.4, -0.2) is 33.3 Å². The van der Waals surface area contributed by atoms with Gasteiger partial charge in [-0.2, -0.15) is 5.10 Å². The molecule has 1 amide bonds. The zero-order valence-corrected chi connectivity index (χ0v) is 11.6. The topological polar surface area (TPSA) is 84.2 Å². The molecule has 0 aliphatic rings. The van der Waals surface area contributed by atoms with Gasteiger partial charge in [-0.05, 0) is 24.3 Å². The Hall–Kier alpha value is -1.85. The number of carbonyl (C=O) groups excluding carboxylic acids is 1. The zero-order valence-electron chi connectivity index (χ0n) is 11.6. The number of aromatic nitrogens is 2. The first kappa shape index (κ1) is 15.2. The summed E-state index contributed by atoms with van der Waals surface area (Å²) in [5, 5.41) is 15.6. The van der Waals surface area contributed by atoms with Crippen LogP contribution in [0.25, 0.3) is 0 Å². The molecule has 0 radical (unpaired) electrons. The summed E-state index contributed by atoms with van der Waals surface area (Å²) in [6.45, 7) is 4.44. The molecule has 0 fully saturated rings. The van der Waals surface area contributed by atoms with E-state index in [9.17, 15) is 9.59 Å². The predicted molar refractivity (Wildman–Crippen MR) is 70.7 cm³/mol.